The molecule has 0 fully saturated rings. The maximum absolute atomic E-state index is 9.00. The summed E-state index contributed by atoms with van der Waals surface area (Å²) in [5.41, 5.74) is 1.25. The van der Waals surface area contributed by atoms with Crippen LogP contribution in [0.3, 0.4) is 0 Å². The van der Waals surface area contributed by atoms with Gasteiger partial charge >= 0.3 is 0 Å². The van der Waals surface area contributed by atoms with E-state index in [0.29, 0.717) is 24.6 Å². The molecule has 1 rings (SSSR count). The molecule has 0 aliphatic rings. The molecule has 0 saturated carbocycles. The minimum absolute atomic E-state index is 0.0926. The third-order valence-electron chi connectivity index (χ3n) is 2.49. The summed E-state index contributed by atoms with van der Waals surface area (Å²) in [7, 11) is 0. The molecular formula is C14H22N4O. The van der Waals surface area contributed by atoms with Crippen LogP contribution in [0.2, 0.25) is 0 Å². The maximum Gasteiger partial charge on any atom is 0.226 e. The highest BCUT2D eigenvalue weighted by Crippen LogP contribution is 2.19. The van der Waals surface area contributed by atoms with Gasteiger partial charge in [0.2, 0.25) is 5.95 Å². The second-order valence-electron chi connectivity index (χ2n) is 5.87. The molecule has 0 atom stereocenters. The van der Waals surface area contributed by atoms with Gasteiger partial charge in [-0.15, -0.1) is 0 Å². The molecule has 19 heavy (non-hydrogen) atoms. The standard InChI is InChI=1S/C14H22N4O/c1-11-8-12(9-15)17-13(16-11)18(6-5-7-19)10-14(2,3)4/h8,19H,5-7,10H2,1-4H3. The van der Waals surface area contributed by atoms with Crippen LogP contribution in [0.15, 0.2) is 6.07 Å². The molecule has 0 saturated heterocycles. The minimum Gasteiger partial charge on any atom is -0.396 e. The van der Waals surface area contributed by atoms with Gasteiger partial charge in [-0.2, -0.15) is 5.26 Å². The topological polar surface area (TPSA) is 73.0 Å². The lowest BCUT2D eigenvalue weighted by molar-refractivity contribution is 0.286. The van der Waals surface area contributed by atoms with Gasteiger partial charge in [-0.1, -0.05) is 20.8 Å². The summed E-state index contributed by atoms with van der Waals surface area (Å²) in [5.74, 6) is 0.569. The Balaban J connectivity index is 3.02. The van der Waals surface area contributed by atoms with Crippen LogP contribution >= 0.6 is 0 Å². The van der Waals surface area contributed by atoms with Crippen molar-refractivity contribution in [1.82, 2.24) is 9.97 Å². The number of hydrogen-bond acceptors (Lipinski definition) is 5. The molecule has 0 amide bonds. The molecule has 5 heteroatoms. The lowest BCUT2D eigenvalue weighted by Crippen LogP contribution is -2.35. The molecular weight excluding hydrogens is 240 g/mol. The highest BCUT2D eigenvalue weighted by molar-refractivity contribution is 5.36. The zero-order valence-corrected chi connectivity index (χ0v) is 12.1. The Bertz CT molecular complexity index is 459. The van der Waals surface area contributed by atoms with Crippen molar-refractivity contribution in [3.05, 3.63) is 17.5 Å². The molecule has 104 valence electrons. The van der Waals surface area contributed by atoms with Crippen LogP contribution in [-0.2, 0) is 0 Å². The molecule has 0 aromatic carbocycles. The zero-order chi connectivity index (χ0) is 14.5. The number of nitrogens with zero attached hydrogens (tertiary/aromatic N) is 4. The summed E-state index contributed by atoms with van der Waals surface area (Å²) in [5, 5.41) is 18.0. The highest BCUT2D eigenvalue weighted by atomic mass is 16.3. The number of hydrogen-bond donors (Lipinski definition) is 1. The number of rotatable bonds is 5. The fourth-order valence-corrected chi connectivity index (χ4v) is 1.84. The molecule has 1 aromatic rings. The van der Waals surface area contributed by atoms with E-state index < -0.39 is 0 Å². The fourth-order valence-electron chi connectivity index (χ4n) is 1.84. The Morgan fingerprint density at radius 2 is 2.05 bits per heavy atom. The predicted octanol–water partition coefficient (Wildman–Crippen LogP) is 1.89. The first-order valence-corrected chi connectivity index (χ1v) is 6.47. The van der Waals surface area contributed by atoms with Crippen LogP contribution in [0.25, 0.3) is 0 Å². The number of aromatic nitrogens is 2. The SMILES string of the molecule is Cc1cc(C#N)nc(N(CCCO)CC(C)(C)C)n1. The molecule has 0 unspecified atom stereocenters. The molecule has 0 aliphatic carbocycles. The summed E-state index contributed by atoms with van der Waals surface area (Å²) in [4.78, 5) is 10.7. The second-order valence-corrected chi connectivity index (χ2v) is 5.87. The number of nitriles is 1. The van der Waals surface area contributed by atoms with Crippen LogP contribution in [0, 0.1) is 23.7 Å². The van der Waals surface area contributed by atoms with Gasteiger partial charge < -0.3 is 10.0 Å². The number of aliphatic hydroxyl groups excluding tert-OH is 1. The van der Waals surface area contributed by atoms with Crippen molar-refractivity contribution in [2.45, 2.75) is 34.1 Å². The number of anilines is 1. The molecule has 0 aliphatic heterocycles. The van der Waals surface area contributed by atoms with Crippen molar-refractivity contribution in [3.63, 3.8) is 0 Å². The molecule has 0 radical (unpaired) electrons. The summed E-state index contributed by atoms with van der Waals surface area (Å²) in [6.45, 7) is 9.87. The van der Waals surface area contributed by atoms with Gasteiger partial charge in [0.25, 0.3) is 0 Å². The van der Waals surface area contributed by atoms with Gasteiger partial charge in [-0.3, -0.25) is 0 Å². The van der Waals surface area contributed by atoms with E-state index in [1.165, 1.54) is 0 Å². The Labute approximate surface area is 114 Å². The lowest BCUT2D eigenvalue weighted by Gasteiger charge is -2.30. The summed E-state index contributed by atoms with van der Waals surface area (Å²) in [6, 6.07) is 3.73. The molecule has 1 N–H and O–H groups in total. The van der Waals surface area contributed by atoms with Crippen molar-refractivity contribution < 1.29 is 5.11 Å². The first-order chi connectivity index (χ1) is 8.85. The Morgan fingerprint density at radius 1 is 1.37 bits per heavy atom. The third-order valence-corrected chi connectivity index (χ3v) is 2.49. The van der Waals surface area contributed by atoms with Crippen molar-refractivity contribution >= 4 is 5.95 Å². The fraction of sp³-hybridized carbons (Fsp3) is 0.643. The van der Waals surface area contributed by atoms with E-state index in [1.54, 1.807) is 6.07 Å². The van der Waals surface area contributed by atoms with Crippen LogP contribution in [0.1, 0.15) is 38.6 Å². The van der Waals surface area contributed by atoms with Crippen LogP contribution in [0.5, 0.6) is 0 Å². The predicted molar refractivity (Wildman–Crippen MR) is 74.9 cm³/mol. The summed E-state index contributed by atoms with van der Waals surface area (Å²) in [6.07, 6.45) is 0.662. The Morgan fingerprint density at radius 3 is 2.58 bits per heavy atom. The van der Waals surface area contributed by atoms with Gasteiger partial charge in [0, 0.05) is 25.4 Å². The average Bonchev–Trinajstić information content (AvgIpc) is 2.32. The van der Waals surface area contributed by atoms with Crippen molar-refractivity contribution in [3.8, 4) is 6.07 Å². The van der Waals surface area contributed by atoms with Crippen molar-refractivity contribution in [2.24, 2.45) is 5.41 Å². The second kappa shape index (κ2) is 6.48. The molecule has 1 heterocycles. The third kappa shape index (κ3) is 5.23. The normalized spacial score (nSPS) is 11.2. The zero-order valence-electron chi connectivity index (χ0n) is 12.1. The molecule has 0 bridgehead atoms. The van der Waals surface area contributed by atoms with E-state index in [0.717, 1.165) is 12.2 Å². The van der Waals surface area contributed by atoms with Gasteiger partial charge in [0.15, 0.2) is 0 Å². The van der Waals surface area contributed by atoms with E-state index in [1.807, 2.05) is 11.8 Å². The monoisotopic (exact) mass is 262 g/mol. The quantitative estimate of drug-likeness (QED) is 0.877. The summed E-state index contributed by atoms with van der Waals surface area (Å²) >= 11 is 0. The van der Waals surface area contributed by atoms with Crippen LogP contribution in [0.4, 0.5) is 5.95 Å². The largest absolute Gasteiger partial charge is 0.396 e. The lowest BCUT2D eigenvalue weighted by atomic mass is 9.96. The molecule has 1 aromatic heterocycles. The van der Waals surface area contributed by atoms with Crippen molar-refractivity contribution in [1.29, 1.82) is 5.26 Å². The average molecular weight is 262 g/mol. The molecule has 5 nitrogen and oxygen atoms in total. The smallest absolute Gasteiger partial charge is 0.226 e. The first-order valence-electron chi connectivity index (χ1n) is 6.47. The maximum atomic E-state index is 9.00. The van der Waals surface area contributed by atoms with Crippen molar-refractivity contribution in [2.75, 3.05) is 24.6 Å². The van der Waals surface area contributed by atoms with E-state index >= 15 is 0 Å². The van der Waals surface area contributed by atoms with E-state index in [2.05, 4.69) is 36.8 Å². The van der Waals surface area contributed by atoms with Gasteiger partial charge in [-0.25, -0.2) is 9.97 Å². The highest BCUT2D eigenvalue weighted by Gasteiger charge is 2.19. The summed E-state index contributed by atoms with van der Waals surface area (Å²) < 4.78 is 0. The Kier molecular flexibility index (Phi) is 5.25. The van der Waals surface area contributed by atoms with Gasteiger partial charge in [0.05, 0.1) is 0 Å². The van der Waals surface area contributed by atoms with Gasteiger partial charge in [-0.05, 0) is 24.8 Å². The number of aryl methyl sites for hydroxylation is 1. The van der Waals surface area contributed by atoms with E-state index in [4.69, 9.17) is 10.4 Å². The van der Waals surface area contributed by atoms with E-state index in [-0.39, 0.29) is 12.0 Å². The van der Waals surface area contributed by atoms with Crippen LogP contribution in [-0.4, -0.2) is 34.8 Å². The first kappa shape index (κ1) is 15.4. The van der Waals surface area contributed by atoms with Crippen LogP contribution < -0.4 is 4.90 Å². The molecule has 0 spiro atoms. The van der Waals surface area contributed by atoms with Gasteiger partial charge in [0.1, 0.15) is 11.8 Å². The van der Waals surface area contributed by atoms with E-state index in [9.17, 15) is 0 Å². The Hall–Kier alpha value is -1.67. The number of aliphatic hydroxyl groups is 1. The minimum atomic E-state index is 0.0926.